The van der Waals surface area contributed by atoms with Crippen LogP contribution < -0.4 is 21.1 Å². The van der Waals surface area contributed by atoms with Crippen LogP contribution in [0.4, 0.5) is 5.82 Å². The Balaban J connectivity index is 1.46. The number of rotatable bonds is 8. The maximum Gasteiger partial charge on any atom is 0.251 e. The van der Waals surface area contributed by atoms with Gasteiger partial charge in [0.1, 0.15) is 17.4 Å². The SMILES string of the molecule is C=C(N)N=C/C=C(\C)c1cnc(NCc2cccc(C(=O)NC3CCC3)c2)c2c1OCC2. The van der Waals surface area contributed by atoms with Crippen molar-refractivity contribution in [1.29, 1.82) is 0 Å². The number of hydrogen-bond donors (Lipinski definition) is 3. The van der Waals surface area contributed by atoms with Gasteiger partial charge in [-0.25, -0.2) is 9.98 Å². The number of pyridine rings is 1. The van der Waals surface area contributed by atoms with Gasteiger partial charge in [0.15, 0.2) is 0 Å². The summed E-state index contributed by atoms with van der Waals surface area (Å²) >= 11 is 0. The number of aliphatic imine (C=N–C) groups is 1. The molecule has 0 spiro atoms. The van der Waals surface area contributed by atoms with Crippen LogP contribution in [0.25, 0.3) is 5.57 Å². The van der Waals surface area contributed by atoms with Crippen molar-refractivity contribution in [3.05, 3.63) is 71.2 Å². The van der Waals surface area contributed by atoms with Crippen molar-refractivity contribution < 1.29 is 9.53 Å². The van der Waals surface area contributed by atoms with Gasteiger partial charge < -0.3 is 21.1 Å². The maximum absolute atomic E-state index is 12.5. The molecule has 0 atom stereocenters. The number of carbonyl (C=O) groups excluding carboxylic acids is 1. The Kier molecular flexibility index (Phi) is 6.54. The van der Waals surface area contributed by atoms with Crippen LogP contribution in [-0.4, -0.2) is 29.8 Å². The zero-order chi connectivity index (χ0) is 22.5. The predicted octanol–water partition coefficient (Wildman–Crippen LogP) is 3.81. The zero-order valence-corrected chi connectivity index (χ0v) is 18.4. The number of carbonyl (C=O) groups is 1. The number of benzene rings is 1. The summed E-state index contributed by atoms with van der Waals surface area (Å²) < 4.78 is 5.91. The molecule has 0 unspecified atom stereocenters. The van der Waals surface area contributed by atoms with Crippen LogP contribution in [0, 0.1) is 0 Å². The molecule has 1 fully saturated rings. The molecule has 2 heterocycles. The van der Waals surface area contributed by atoms with Crippen molar-refractivity contribution in [2.75, 3.05) is 11.9 Å². The number of aromatic nitrogens is 1. The third kappa shape index (κ3) is 4.99. The highest BCUT2D eigenvalue weighted by molar-refractivity contribution is 5.94. The molecule has 0 bridgehead atoms. The average molecular weight is 432 g/mol. The zero-order valence-electron chi connectivity index (χ0n) is 18.4. The second-order valence-electron chi connectivity index (χ2n) is 8.20. The highest BCUT2D eigenvalue weighted by atomic mass is 16.5. The van der Waals surface area contributed by atoms with Crippen LogP contribution in [-0.2, 0) is 13.0 Å². The molecular weight excluding hydrogens is 402 g/mol. The summed E-state index contributed by atoms with van der Waals surface area (Å²) in [5.74, 6) is 1.92. The molecular formula is C25H29N5O2. The first-order chi connectivity index (χ1) is 15.5. The summed E-state index contributed by atoms with van der Waals surface area (Å²) in [4.78, 5) is 21.1. The maximum atomic E-state index is 12.5. The smallest absolute Gasteiger partial charge is 0.251 e. The number of nitrogens with one attached hydrogen (secondary N) is 2. The fourth-order valence-electron chi connectivity index (χ4n) is 3.79. The molecule has 1 aromatic heterocycles. The van der Waals surface area contributed by atoms with Gasteiger partial charge in [-0.2, -0.15) is 0 Å². The molecule has 1 amide bonds. The van der Waals surface area contributed by atoms with Gasteiger partial charge in [-0.05, 0) is 55.5 Å². The van der Waals surface area contributed by atoms with Crippen molar-refractivity contribution in [3.63, 3.8) is 0 Å². The van der Waals surface area contributed by atoms with Crippen LogP contribution in [0.15, 0.2) is 53.9 Å². The van der Waals surface area contributed by atoms with Gasteiger partial charge in [-0.3, -0.25) is 4.79 Å². The van der Waals surface area contributed by atoms with E-state index in [0.717, 1.165) is 53.1 Å². The van der Waals surface area contributed by atoms with Gasteiger partial charge in [0.25, 0.3) is 5.91 Å². The Labute approximate surface area is 188 Å². The normalized spacial score (nSPS) is 15.7. The molecule has 4 N–H and O–H groups in total. The minimum atomic E-state index is -0.00247. The van der Waals surface area contributed by atoms with E-state index in [0.29, 0.717) is 24.8 Å². The van der Waals surface area contributed by atoms with E-state index >= 15 is 0 Å². The summed E-state index contributed by atoms with van der Waals surface area (Å²) in [7, 11) is 0. The lowest BCUT2D eigenvalue weighted by atomic mass is 9.93. The van der Waals surface area contributed by atoms with Crippen molar-refractivity contribution in [2.24, 2.45) is 10.7 Å². The minimum Gasteiger partial charge on any atom is -0.492 e. The van der Waals surface area contributed by atoms with Gasteiger partial charge in [-0.15, -0.1) is 0 Å². The average Bonchev–Trinajstić information content (AvgIpc) is 3.24. The molecule has 0 saturated heterocycles. The summed E-state index contributed by atoms with van der Waals surface area (Å²) in [6.45, 7) is 6.74. The number of allylic oxidation sites excluding steroid dienone is 2. The Morgan fingerprint density at radius 3 is 3.00 bits per heavy atom. The summed E-state index contributed by atoms with van der Waals surface area (Å²) in [6.07, 6.45) is 9.44. The molecule has 166 valence electrons. The molecule has 0 radical (unpaired) electrons. The Morgan fingerprint density at radius 1 is 1.41 bits per heavy atom. The summed E-state index contributed by atoms with van der Waals surface area (Å²) in [5, 5.41) is 6.51. The predicted molar refractivity (Wildman–Crippen MR) is 128 cm³/mol. The lowest BCUT2D eigenvalue weighted by molar-refractivity contribution is 0.0917. The van der Waals surface area contributed by atoms with E-state index in [9.17, 15) is 4.79 Å². The first kappa shape index (κ1) is 21.6. The van der Waals surface area contributed by atoms with Gasteiger partial charge in [0.2, 0.25) is 0 Å². The van der Waals surface area contributed by atoms with E-state index in [1.807, 2.05) is 43.5 Å². The van der Waals surface area contributed by atoms with E-state index in [4.69, 9.17) is 10.5 Å². The highest BCUT2D eigenvalue weighted by Gasteiger charge is 2.22. The lowest BCUT2D eigenvalue weighted by Crippen LogP contribution is -2.39. The van der Waals surface area contributed by atoms with Crippen LogP contribution in [0.1, 0.15) is 53.2 Å². The Bertz CT molecular complexity index is 1090. The first-order valence-corrected chi connectivity index (χ1v) is 11.0. The molecule has 4 rings (SSSR count). The monoisotopic (exact) mass is 431 g/mol. The second kappa shape index (κ2) is 9.68. The number of nitrogens with zero attached hydrogens (tertiary/aromatic N) is 2. The quantitative estimate of drug-likeness (QED) is 0.552. The van der Waals surface area contributed by atoms with Gasteiger partial charge in [0.05, 0.1) is 6.61 Å². The van der Waals surface area contributed by atoms with Crippen LogP contribution in [0.5, 0.6) is 5.75 Å². The Morgan fingerprint density at radius 2 is 2.25 bits per heavy atom. The molecule has 1 aliphatic heterocycles. The van der Waals surface area contributed by atoms with Gasteiger partial charge in [0, 0.05) is 48.1 Å². The van der Waals surface area contributed by atoms with E-state index in [1.54, 1.807) is 6.21 Å². The standard InChI is InChI=1S/C25H29N5O2/c1-16(9-11-27-17(2)26)22-15-29-24(21-10-12-32-23(21)22)28-14-18-5-3-6-19(13-18)25(31)30-20-7-4-8-20/h3,5-6,9,11,13,15,20H,2,4,7-8,10,12,14,26H2,1H3,(H,28,29)(H,30,31)/b16-9+,27-11?. The van der Waals surface area contributed by atoms with Crippen LogP contribution in [0.2, 0.25) is 0 Å². The molecule has 1 aliphatic carbocycles. The molecule has 7 heteroatoms. The molecule has 2 aliphatic rings. The lowest BCUT2D eigenvalue weighted by Gasteiger charge is -2.26. The highest BCUT2D eigenvalue weighted by Crippen LogP contribution is 2.37. The largest absolute Gasteiger partial charge is 0.492 e. The second-order valence-corrected chi connectivity index (χ2v) is 8.20. The van der Waals surface area contributed by atoms with E-state index in [-0.39, 0.29) is 11.7 Å². The van der Waals surface area contributed by atoms with Gasteiger partial charge >= 0.3 is 0 Å². The van der Waals surface area contributed by atoms with E-state index in [2.05, 4.69) is 27.2 Å². The number of ether oxygens (including phenoxy) is 1. The molecule has 32 heavy (non-hydrogen) atoms. The first-order valence-electron chi connectivity index (χ1n) is 11.0. The molecule has 1 saturated carbocycles. The van der Waals surface area contributed by atoms with E-state index < -0.39 is 0 Å². The van der Waals surface area contributed by atoms with Crippen LogP contribution in [0.3, 0.4) is 0 Å². The topological polar surface area (TPSA) is 102 Å². The third-order valence-electron chi connectivity index (χ3n) is 5.81. The fourth-order valence-corrected chi connectivity index (χ4v) is 3.79. The van der Waals surface area contributed by atoms with Gasteiger partial charge in [-0.1, -0.05) is 18.7 Å². The molecule has 1 aromatic carbocycles. The van der Waals surface area contributed by atoms with Crippen LogP contribution >= 0.6 is 0 Å². The minimum absolute atomic E-state index is 0.00247. The number of anilines is 1. The number of hydrogen-bond acceptors (Lipinski definition) is 6. The number of nitrogens with two attached hydrogens (primary N) is 1. The van der Waals surface area contributed by atoms with Crippen molar-refractivity contribution >= 4 is 23.5 Å². The number of amides is 1. The van der Waals surface area contributed by atoms with Crippen molar-refractivity contribution in [3.8, 4) is 5.75 Å². The summed E-state index contributed by atoms with van der Waals surface area (Å²) in [5.41, 5.74) is 10.2. The molecule has 7 nitrogen and oxygen atoms in total. The van der Waals surface area contributed by atoms with Crippen molar-refractivity contribution in [2.45, 2.75) is 45.2 Å². The Hall–Kier alpha value is -3.61. The molecule has 2 aromatic rings. The fraction of sp³-hybridized carbons (Fsp3) is 0.320. The van der Waals surface area contributed by atoms with Crippen molar-refractivity contribution in [1.82, 2.24) is 10.3 Å². The summed E-state index contributed by atoms with van der Waals surface area (Å²) in [6, 6.07) is 8.04. The van der Waals surface area contributed by atoms with E-state index in [1.165, 1.54) is 6.42 Å². The number of fused-ring (bicyclic) bond motifs is 1. The third-order valence-corrected chi connectivity index (χ3v) is 5.81.